The molecule has 0 fully saturated rings. The first-order chi connectivity index (χ1) is 8.60. The van der Waals surface area contributed by atoms with Crippen molar-refractivity contribution in [1.82, 2.24) is 4.98 Å². The van der Waals surface area contributed by atoms with Gasteiger partial charge >= 0.3 is 0 Å². The van der Waals surface area contributed by atoms with E-state index in [2.05, 4.69) is 50.0 Å². The highest BCUT2D eigenvalue weighted by Gasteiger charge is 2.10. The van der Waals surface area contributed by atoms with Gasteiger partial charge in [-0.1, -0.05) is 6.07 Å². The molecular formula is C16H17NO. The standard InChI is InChI=1S/C16H17NO/c1-9-5-11(3)16-12-7-10(2)15(18-4)8-13(12)17-14(16)6-9/h5-8,17H,1-4H3. The van der Waals surface area contributed by atoms with Crippen molar-refractivity contribution in [3.63, 3.8) is 0 Å². The highest BCUT2D eigenvalue weighted by molar-refractivity contribution is 6.09. The molecule has 0 radical (unpaired) electrons. The Kier molecular flexibility index (Phi) is 2.34. The van der Waals surface area contributed by atoms with Crippen LogP contribution in [0.4, 0.5) is 0 Å². The Morgan fingerprint density at radius 2 is 1.67 bits per heavy atom. The third-order valence-electron chi connectivity index (χ3n) is 3.55. The van der Waals surface area contributed by atoms with Gasteiger partial charge in [0, 0.05) is 22.4 Å². The number of nitrogens with one attached hydrogen (secondary N) is 1. The molecule has 3 aromatic rings. The summed E-state index contributed by atoms with van der Waals surface area (Å²) in [6.07, 6.45) is 0. The van der Waals surface area contributed by atoms with Gasteiger partial charge in [0.1, 0.15) is 5.75 Å². The predicted molar refractivity (Wildman–Crippen MR) is 76.6 cm³/mol. The lowest BCUT2D eigenvalue weighted by Crippen LogP contribution is -1.86. The zero-order valence-corrected chi connectivity index (χ0v) is 11.2. The molecule has 18 heavy (non-hydrogen) atoms. The zero-order chi connectivity index (χ0) is 12.9. The molecule has 0 bridgehead atoms. The summed E-state index contributed by atoms with van der Waals surface area (Å²) in [7, 11) is 1.71. The zero-order valence-electron chi connectivity index (χ0n) is 11.2. The minimum absolute atomic E-state index is 0.934. The van der Waals surface area contributed by atoms with E-state index in [9.17, 15) is 0 Å². The first-order valence-electron chi connectivity index (χ1n) is 6.17. The van der Waals surface area contributed by atoms with E-state index in [0.29, 0.717) is 0 Å². The molecule has 0 aliphatic carbocycles. The van der Waals surface area contributed by atoms with Crippen molar-refractivity contribution < 1.29 is 4.74 Å². The second-order valence-electron chi connectivity index (χ2n) is 5.00. The third-order valence-corrected chi connectivity index (χ3v) is 3.55. The van der Waals surface area contributed by atoms with Gasteiger partial charge in [-0.3, -0.25) is 0 Å². The van der Waals surface area contributed by atoms with Crippen LogP contribution < -0.4 is 4.74 Å². The molecule has 0 amide bonds. The van der Waals surface area contributed by atoms with Gasteiger partial charge in [-0.2, -0.15) is 0 Å². The highest BCUT2D eigenvalue weighted by atomic mass is 16.5. The van der Waals surface area contributed by atoms with Gasteiger partial charge in [0.05, 0.1) is 12.6 Å². The summed E-state index contributed by atoms with van der Waals surface area (Å²) in [6, 6.07) is 8.72. The lowest BCUT2D eigenvalue weighted by molar-refractivity contribution is 0.412. The fraction of sp³-hybridized carbons (Fsp3) is 0.250. The number of H-pyrrole nitrogens is 1. The van der Waals surface area contributed by atoms with E-state index in [1.807, 2.05) is 0 Å². The van der Waals surface area contributed by atoms with Crippen LogP contribution in [0.2, 0.25) is 0 Å². The van der Waals surface area contributed by atoms with E-state index < -0.39 is 0 Å². The molecule has 0 saturated heterocycles. The summed E-state index contributed by atoms with van der Waals surface area (Å²) in [5, 5.41) is 2.60. The topological polar surface area (TPSA) is 25.0 Å². The summed E-state index contributed by atoms with van der Waals surface area (Å²) in [5.74, 6) is 0.934. The molecule has 1 aromatic heterocycles. The van der Waals surface area contributed by atoms with Crippen molar-refractivity contribution in [3.8, 4) is 5.75 Å². The van der Waals surface area contributed by atoms with Gasteiger partial charge in [-0.15, -0.1) is 0 Å². The Morgan fingerprint density at radius 3 is 2.39 bits per heavy atom. The van der Waals surface area contributed by atoms with Crippen LogP contribution >= 0.6 is 0 Å². The molecule has 0 aliphatic heterocycles. The molecule has 0 saturated carbocycles. The van der Waals surface area contributed by atoms with Crippen LogP contribution in [0.3, 0.4) is 0 Å². The van der Waals surface area contributed by atoms with E-state index in [1.54, 1.807) is 7.11 Å². The number of benzene rings is 2. The number of ether oxygens (including phenoxy) is 1. The van der Waals surface area contributed by atoms with Gasteiger partial charge in [0.25, 0.3) is 0 Å². The van der Waals surface area contributed by atoms with Gasteiger partial charge in [0.2, 0.25) is 0 Å². The van der Waals surface area contributed by atoms with Crippen LogP contribution in [-0.4, -0.2) is 12.1 Å². The predicted octanol–water partition coefficient (Wildman–Crippen LogP) is 4.25. The molecule has 3 rings (SSSR count). The summed E-state index contributed by atoms with van der Waals surface area (Å²) >= 11 is 0. The Bertz CT molecular complexity index is 753. The molecule has 0 spiro atoms. The SMILES string of the molecule is COc1cc2[nH]c3cc(C)cc(C)c3c2cc1C. The fourth-order valence-corrected chi connectivity index (χ4v) is 2.79. The van der Waals surface area contributed by atoms with Crippen LogP contribution in [0.25, 0.3) is 21.8 Å². The molecular weight excluding hydrogens is 222 g/mol. The van der Waals surface area contributed by atoms with Crippen molar-refractivity contribution in [3.05, 3.63) is 41.0 Å². The number of aryl methyl sites for hydroxylation is 3. The average Bonchev–Trinajstić information content (AvgIpc) is 2.64. The van der Waals surface area contributed by atoms with Crippen molar-refractivity contribution in [2.24, 2.45) is 0 Å². The fourth-order valence-electron chi connectivity index (χ4n) is 2.79. The van der Waals surface area contributed by atoms with Gasteiger partial charge < -0.3 is 9.72 Å². The largest absolute Gasteiger partial charge is 0.496 e. The van der Waals surface area contributed by atoms with Crippen LogP contribution in [0, 0.1) is 20.8 Å². The summed E-state index contributed by atoms with van der Waals surface area (Å²) in [6.45, 7) is 6.38. The second kappa shape index (κ2) is 3.77. The number of fused-ring (bicyclic) bond motifs is 3. The maximum absolute atomic E-state index is 5.38. The van der Waals surface area contributed by atoms with Gasteiger partial charge in [-0.25, -0.2) is 0 Å². The Labute approximate surface area is 107 Å². The van der Waals surface area contributed by atoms with E-state index in [-0.39, 0.29) is 0 Å². The lowest BCUT2D eigenvalue weighted by atomic mass is 10.0. The Hall–Kier alpha value is -1.96. The van der Waals surface area contributed by atoms with Gasteiger partial charge in [-0.05, 0) is 49.6 Å². The quantitative estimate of drug-likeness (QED) is 0.674. The molecule has 1 N–H and O–H groups in total. The molecule has 2 heteroatoms. The van der Waals surface area contributed by atoms with Crippen LogP contribution in [-0.2, 0) is 0 Å². The molecule has 0 aliphatic rings. The van der Waals surface area contributed by atoms with E-state index >= 15 is 0 Å². The Morgan fingerprint density at radius 1 is 0.889 bits per heavy atom. The van der Waals surface area contributed by atoms with Crippen LogP contribution in [0.5, 0.6) is 5.75 Å². The van der Waals surface area contributed by atoms with E-state index in [0.717, 1.165) is 11.3 Å². The number of rotatable bonds is 1. The second-order valence-corrected chi connectivity index (χ2v) is 5.00. The van der Waals surface area contributed by atoms with Crippen molar-refractivity contribution in [2.75, 3.05) is 7.11 Å². The number of aromatic amines is 1. The van der Waals surface area contributed by atoms with E-state index in [1.165, 1.54) is 33.0 Å². The monoisotopic (exact) mass is 239 g/mol. The summed E-state index contributed by atoms with van der Waals surface area (Å²) in [4.78, 5) is 3.48. The lowest BCUT2D eigenvalue weighted by Gasteiger charge is -2.04. The smallest absolute Gasteiger partial charge is 0.123 e. The third kappa shape index (κ3) is 1.49. The normalized spacial score (nSPS) is 11.3. The molecule has 2 aromatic carbocycles. The molecule has 1 heterocycles. The van der Waals surface area contributed by atoms with Crippen LogP contribution in [0.1, 0.15) is 16.7 Å². The maximum Gasteiger partial charge on any atom is 0.123 e. The highest BCUT2D eigenvalue weighted by Crippen LogP contribution is 2.33. The minimum atomic E-state index is 0.934. The maximum atomic E-state index is 5.38. The molecule has 92 valence electrons. The Balaban J connectivity index is 2.48. The first kappa shape index (κ1) is 11.1. The molecule has 2 nitrogen and oxygen atoms in total. The summed E-state index contributed by atoms with van der Waals surface area (Å²) in [5.41, 5.74) is 6.12. The minimum Gasteiger partial charge on any atom is -0.496 e. The summed E-state index contributed by atoms with van der Waals surface area (Å²) < 4.78 is 5.38. The molecule has 0 atom stereocenters. The van der Waals surface area contributed by atoms with Crippen molar-refractivity contribution in [2.45, 2.75) is 20.8 Å². The number of aromatic nitrogens is 1. The number of methoxy groups -OCH3 is 1. The first-order valence-corrected chi connectivity index (χ1v) is 6.17. The van der Waals surface area contributed by atoms with Crippen LogP contribution in [0.15, 0.2) is 24.3 Å². The van der Waals surface area contributed by atoms with Crippen molar-refractivity contribution >= 4 is 21.8 Å². The average molecular weight is 239 g/mol. The van der Waals surface area contributed by atoms with Gasteiger partial charge in [0.15, 0.2) is 0 Å². The number of hydrogen-bond acceptors (Lipinski definition) is 1. The number of hydrogen-bond donors (Lipinski definition) is 1. The molecule has 0 unspecified atom stereocenters. The van der Waals surface area contributed by atoms with E-state index in [4.69, 9.17) is 4.74 Å². The van der Waals surface area contributed by atoms with Crippen molar-refractivity contribution in [1.29, 1.82) is 0 Å².